The van der Waals surface area contributed by atoms with Crippen molar-refractivity contribution in [2.45, 2.75) is 20.5 Å². The standard InChI is InChI=1S/C18H16ClFN4OS/c1-11-6-12(2)8-13(7-11)25-10-17-22-23-18(26)24(17)21-9-14-15(19)4-3-5-16(14)20/h3-9H,10H2,1-2H3,(H,23,26)/b21-9-. The Morgan fingerprint density at radius 2 is 2.04 bits per heavy atom. The zero-order valence-electron chi connectivity index (χ0n) is 14.2. The van der Waals surface area contributed by atoms with Gasteiger partial charge in [-0.05, 0) is 61.5 Å². The molecule has 0 aliphatic heterocycles. The van der Waals surface area contributed by atoms with Crippen LogP contribution in [0.25, 0.3) is 0 Å². The molecule has 0 saturated carbocycles. The van der Waals surface area contributed by atoms with Crippen LogP contribution >= 0.6 is 23.8 Å². The molecule has 1 heterocycles. The first-order valence-electron chi connectivity index (χ1n) is 7.80. The highest BCUT2D eigenvalue weighted by Gasteiger charge is 2.08. The number of nitrogens with one attached hydrogen (secondary N) is 1. The predicted molar refractivity (Wildman–Crippen MR) is 102 cm³/mol. The summed E-state index contributed by atoms with van der Waals surface area (Å²) in [7, 11) is 0. The van der Waals surface area contributed by atoms with Gasteiger partial charge in [-0.15, -0.1) is 0 Å². The van der Waals surface area contributed by atoms with Crippen LogP contribution < -0.4 is 4.74 Å². The van der Waals surface area contributed by atoms with E-state index in [0.29, 0.717) is 5.82 Å². The van der Waals surface area contributed by atoms with Gasteiger partial charge in [-0.25, -0.2) is 9.49 Å². The van der Waals surface area contributed by atoms with Gasteiger partial charge in [0.25, 0.3) is 0 Å². The van der Waals surface area contributed by atoms with Crippen molar-refractivity contribution in [1.29, 1.82) is 0 Å². The smallest absolute Gasteiger partial charge is 0.216 e. The molecule has 3 aromatic rings. The maximum Gasteiger partial charge on any atom is 0.216 e. The van der Waals surface area contributed by atoms with Crippen molar-refractivity contribution in [1.82, 2.24) is 14.9 Å². The molecule has 8 heteroatoms. The minimum absolute atomic E-state index is 0.151. The fourth-order valence-electron chi connectivity index (χ4n) is 2.45. The number of benzene rings is 2. The molecular weight excluding hydrogens is 375 g/mol. The number of hydrogen-bond donors (Lipinski definition) is 1. The van der Waals surface area contributed by atoms with E-state index in [1.54, 1.807) is 6.07 Å². The number of aryl methyl sites for hydroxylation is 2. The molecular formula is C18H16ClFN4OS. The molecule has 134 valence electrons. The largest absolute Gasteiger partial charge is 0.486 e. The Balaban J connectivity index is 1.83. The van der Waals surface area contributed by atoms with E-state index in [0.717, 1.165) is 16.9 Å². The van der Waals surface area contributed by atoms with E-state index < -0.39 is 5.82 Å². The normalized spacial score (nSPS) is 11.2. The Bertz CT molecular complexity index is 988. The van der Waals surface area contributed by atoms with Crippen LogP contribution in [0.2, 0.25) is 5.02 Å². The van der Waals surface area contributed by atoms with Gasteiger partial charge in [0.1, 0.15) is 18.2 Å². The lowest BCUT2D eigenvalue weighted by Crippen LogP contribution is -2.05. The molecule has 0 radical (unpaired) electrons. The highest BCUT2D eigenvalue weighted by molar-refractivity contribution is 7.71. The van der Waals surface area contributed by atoms with E-state index in [9.17, 15) is 4.39 Å². The summed E-state index contributed by atoms with van der Waals surface area (Å²) in [5.74, 6) is 0.714. The second-order valence-electron chi connectivity index (χ2n) is 5.75. The number of H-pyrrole nitrogens is 1. The van der Waals surface area contributed by atoms with Crippen LogP contribution in [0, 0.1) is 24.4 Å². The monoisotopic (exact) mass is 390 g/mol. The number of nitrogens with zero attached hydrogens (tertiary/aromatic N) is 3. The lowest BCUT2D eigenvalue weighted by Gasteiger charge is -2.07. The van der Waals surface area contributed by atoms with E-state index in [2.05, 4.69) is 21.4 Å². The van der Waals surface area contributed by atoms with Gasteiger partial charge in [-0.1, -0.05) is 23.7 Å². The molecule has 2 aromatic carbocycles. The van der Waals surface area contributed by atoms with Crippen LogP contribution in [0.4, 0.5) is 4.39 Å². The molecule has 0 spiro atoms. The van der Waals surface area contributed by atoms with Crippen molar-refractivity contribution in [3.05, 3.63) is 74.5 Å². The molecule has 1 N–H and O–H groups in total. The minimum atomic E-state index is -0.468. The van der Waals surface area contributed by atoms with Gasteiger partial charge in [0.05, 0.1) is 11.2 Å². The molecule has 1 aromatic heterocycles. The Kier molecular flexibility index (Phi) is 5.49. The number of hydrogen-bond acceptors (Lipinski definition) is 4. The fourth-order valence-corrected chi connectivity index (χ4v) is 2.86. The van der Waals surface area contributed by atoms with E-state index in [1.165, 1.54) is 23.0 Å². The summed E-state index contributed by atoms with van der Waals surface area (Å²) in [6, 6.07) is 10.4. The summed E-state index contributed by atoms with van der Waals surface area (Å²) >= 11 is 11.2. The lowest BCUT2D eigenvalue weighted by atomic mass is 10.1. The Morgan fingerprint density at radius 1 is 1.31 bits per heavy atom. The Morgan fingerprint density at radius 3 is 2.73 bits per heavy atom. The lowest BCUT2D eigenvalue weighted by molar-refractivity contribution is 0.290. The molecule has 0 saturated heterocycles. The van der Waals surface area contributed by atoms with Crippen molar-refractivity contribution >= 4 is 30.0 Å². The molecule has 0 aliphatic carbocycles. The van der Waals surface area contributed by atoms with E-state index in [-0.39, 0.29) is 22.0 Å². The van der Waals surface area contributed by atoms with Crippen LogP contribution in [0.15, 0.2) is 41.5 Å². The molecule has 5 nitrogen and oxygen atoms in total. The SMILES string of the molecule is Cc1cc(C)cc(OCc2n[nH]c(=S)n2/N=C\c2c(F)cccc2Cl)c1. The summed E-state index contributed by atoms with van der Waals surface area (Å²) in [5.41, 5.74) is 2.38. The van der Waals surface area contributed by atoms with Crippen molar-refractivity contribution in [3.8, 4) is 5.75 Å². The first-order chi connectivity index (χ1) is 12.4. The molecule has 0 atom stereocenters. The minimum Gasteiger partial charge on any atom is -0.486 e. The Hall–Kier alpha value is -2.51. The van der Waals surface area contributed by atoms with Gasteiger partial charge >= 0.3 is 0 Å². The van der Waals surface area contributed by atoms with Gasteiger partial charge in [-0.2, -0.15) is 14.9 Å². The van der Waals surface area contributed by atoms with Crippen LogP contribution in [-0.2, 0) is 6.61 Å². The maximum atomic E-state index is 13.9. The first-order valence-corrected chi connectivity index (χ1v) is 8.58. The van der Waals surface area contributed by atoms with Gasteiger partial charge in [0.15, 0.2) is 5.82 Å². The molecule has 0 fully saturated rings. The summed E-state index contributed by atoms with van der Waals surface area (Å²) in [6.45, 7) is 4.15. The fraction of sp³-hybridized carbons (Fsp3) is 0.167. The van der Waals surface area contributed by atoms with Gasteiger partial charge in [0, 0.05) is 5.56 Å². The first kappa shape index (κ1) is 18.3. The number of aromatic nitrogens is 3. The van der Waals surface area contributed by atoms with Crippen molar-refractivity contribution < 1.29 is 9.13 Å². The summed E-state index contributed by atoms with van der Waals surface area (Å²) < 4.78 is 21.3. The zero-order valence-corrected chi connectivity index (χ0v) is 15.7. The number of halogens is 2. The molecule has 26 heavy (non-hydrogen) atoms. The van der Waals surface area contributed by atoms with Gasteiger partial charge in [0.2, 0.25) is 4.77 Å². The van der Waals surface area contributed by atoms with Crippen LogP contribution in [0.3, 0.4) is 0 Å². The predicted octanol–water partition coefficient (Wildman–Crippen LogP) is 4.81. The molecule has 3 rings (SSSR count). The topological polar surface area (TPSA) is 55.2 Å². The molecule has 0 aliphatic rings. The average molecular weight is 391 g/mol. The van der Waals surface area contributed by atoms with Crippen LogP contribution in [-0.4, -0.2) is 21.1 Å². The second kappa shape index (κ2) is 7.80. The summed E-state index contributed by atoms with van der Waals surface area (Å²) in [4.78, 5) is 0. The summed E-state index contributed by atoms with van der Waals surface area (Å²) in [6.07, 6.45) is 1.31. The third-order valence-corrected chi connectivity index (χ3v) is 4.18. The van der Waals surface area contributed by atoms with E-state index >= 15 is 0 Å². The molecule has 0 unspecified atom stereocenters. The number of rotatable bonds is 5. The van der Waals surface area contributed by atoms with E-state index in [4.69, 9.17) is 28.6 Å². The maximum absolute atomic E-state index is 13.9. The Labute approximate surface area is 160 Å². The quantitative estimate of drug-likeness (QED) is 0.502. The van der Waals surface area contributed by atoms with Crippen molar-refractivity contribution in [3.63, 3.8) is 0 Å². The van der Waals surface area contributed by atoms with E-state index in [1.807, 2.05) is 26.0 Å². The highest BCUT2D eigenvalue weighted by atomic mass is 35.5. The second-order valence-corrected chi connectivity index (χ2v) is 6.54. The van der Waals surface area contributed by atoms with Crippen molar-refractivity contribution in [2.24, 2.45) is 5.10 Å². The molecule has 0 amide bonds. The summed E-state index contributed by atoms with van der Waals surface area (Å²) in [5, 5.41) is 11.2. The number of aromatic amines is 1. The third kappa shape index (κ3) is 4.17. The molecule has 0 bridgehead atoms. The third-order valence-electron chi connectivity index (χ3n) is 3.58. The van der Waals surface area contributed by atoms with Crippen molar-refractivity contribution in [2.75, 3.05) is 0 Å². The van der Waals surface area contributed by atoms with Gasteiger partial charge < -0.3 is 4.74 Å². The van der Waals surface area contributed by atoms with Crippen LogP contribution in [0.1, 0.15) is 22.5 Å². The number of ether oxygens (including phenoxy) is 1. The van der Waals surface area contributed by atoms with Crippen LogP contribution in [0.5, 0.6) is 5.75 Å². The van der Waals surface area contributed by atoms with Gasteiger partial charge in [-0.3, -0.25) is 0 Å². The highest BCUT2D eigenvalue weighted by Crippen LogP contribution is 2.18. The zero-order chi connectivity index (χ0) is 18.7. The average Bonchev–Trinajstić information content (AvgIpc) is 2.92.